The third-order valence-electron chi connectivity index (χ3n) is 7.43. The molecule has 4 aliphatic carbocycles. The Morgan fingerprint density at radius 3 is 2.81 bits per heavy atom. The molecule has 0 spiro atoms. The van der Waals surface area contributed by atoms with Crippen LogP contribution >= 0.6 is 0 Å². The van der Waals surface area contributed by atoms with E-state index in [1.807, 2.05) is 0 Å². The van der Waals surface area contributed by atoms with Gasteiger partial charge in [-0.15, -0.1) is 5.73 Å². The molecule has 3 saturated carbocycles. The highest BCUT2D eigenvalue weighted by Crippen LogP contribution is 2.63. The molecule has 1 nitrogen and oxygen atoms in total. The number of aliphatic hydroxyl groups is 1. The van der Waals surface area contributed by atoms with Gasteiger partial charge in [-0.1, -0.05) is 25.2 Å². The van der Waals surface area contributed by atoms with Gasteiger partial charge < -0.3 is 5.11 Å². The van der Waals surface area contributed by atoms with Gasteiger partial charge in [-0.2, -0.15) is 0 Å². The van der Waals surface area contributed by atoms with Crippen molar-refractivity contribution in [2.45, 2.75) is 64.4 Å². The van der Waals surface area contributed by atoms with Gasteiger partial charge in [0.05, 0.1) is 6.10 Å². The molecular formula is C20H28O. The van der Waals surface area contributed by atoms with Crippen molar-refractivity contribution in [3.8, 4) is 0 Å². The molecule has 0 heterocycles. The van der Waals surface area contributed by atoms with Crippen LogP contribution in [0.15, 0.2) is 29.5 Å². The van der Waals surface area contributed by atoms with Gasteiger partial charge in [0.2, 0.25) is 0 Å². The van der Waals surface area contributed by atoms with E-state index in [1.165, 1.54) is 50.5 Å². The van der Waals surface area contributed by atoms with Crippen molar-refractivity contribution < 1.29 is 5.11 Å². The average Bonchev–Trinajstić information content (AvgIpc) is 2.83. The largest absolute Gasteiger partial charge is 0.389 e. The highest BCUT2D eigenvalue weighted by atomic mass is 16.3. The molecule has 6 atom stereocenters. The Hall–Kier alpha value is -0.780. The second-order valence-electron chi connectivity index (χ2n) is 8.12. The minimum Gasteiger partial charge on any atom is -0.389 e. The molecule has 4 rings (SSSR count). The van der Waals surface area contributed by atoms with Crippen molar-refractivity contribution in [3.05, 3.63) is 29.5 Å². The Balaban J connectivity index is 1.64. The predicted molar refractivity (Wildman–Crippen MR) is 85.7 cm³/mol. The summed E-state index contributed by atoms with van der Waals surface area (Å²) in [7, 11) is 0. The topological polar surface area (TPSA) is 20.2 Å². The minimum atomic E-state index is -0.163. The first kappa shape index (κ1) is 13.9. The number of hydrogen-bond donors (Lipinski definition) is 1. The number of hydrogen-bond acceptors (Lipinski definition) is 1. The van der Waals surface area contributed by atoms with Crippen LogP contribution in [0.25, 0.3) is 0 Å². The summed E-state index contributed by atoms with van der Waals surface area (Å²) in [6.45, 7) is 6.45. The van der Waals surface area contributed by atoms with E-state index in [0.717, 1.165) is 30.1 Å². The first-order valence-electron chi connectivity index (χ1n) is 8.91. The lowest BCUT2D eigenvalue weighted by Crippen LogP contribution is -2.45. The monoisotopic (exact) mass is 284 g/mol. The highest BCUT2D eigenvalue weighted by molar-refractivity contribution is 5.25. The summed E-state index contributed by atoms with van der Waals surface area (Å²) in [6.07, 6.45) is 12.1. The van der Waals surface area contributed by atoms with Crippen molar-refractivity contribution in [1.82, 2.24) is 0 Å². The van der Waals surface area contributed by atoms with Crippen molar-refractivity contribution in [2.24, 2.45) is 29.1 Å². The van der Waals surface area contributed by atoms with Crippen LogP contribution in [-0.2, 0) is 0 Å². The minimum absolute atomic E-state index is 0.163. The van der Waals surface area contributed by atoms with E-state index in [0.29, 0.717) is 5.41 Å². The molecule has 4 unspecified atom stereocenters. The molecule has 0 aromatic rings. The highest BCUT2D eigenvalue weighted by Gasteiger charge is 2.54. The summed E-state index contributed by atoms with van der Waals surface area (Å²) < 4.78 is 0. The van der Waals surface area contributed by atoms with Crippen molar-refractivity contribution in [2.75, 3.05) is 0 Å². The molecule has 0 aromatic carbocycles. The summed E-state index contributed by atoms with van der Waals surface area (Å²) in [5.41, 5.74) is 6.80. The van der Waals surface area contributed by atoms with Crippen LogP contribution in [0.3, 0.4) is 0 Å². The van der Waals surface area contributed by atoms with E-state index in [1.54, 1.807) is 5.57 Å². The van der Waals surface area contributed by atoms with Crippen molar-refractivity contribution in [1.29, 1.82) is 0 Å². The number of allylic oxidation sites excluding steroid dienone is 2. The average molecular weight is 284 g/mol. The first-order chi connectivity index (χ1) is 10.1. The molecule has 21 heavy (non-hydrogen) atoms. The zero-order valence-electron chi connectivity index (χ0n) is 13.3. The summed E-state index contributed by atoms with van der Waals surface area (Å²) >= 11 is 0. The lowest BCUT2D eigenvalue weighted by molar-refractivity contribution is 0.00839. The Morgan fingerprint density at radius 1 is 1.14 bits per heavy atom. The maximum atomic E-state index is 9.91. The summed E-state index contributed by atoms with van der Waals surface area (Å²) in [5.74, 6) is 3.45. The Morgan fingerprint density at radius 2 is 2.00 bits per heavy atom. The first-order valence-corrected chi connectivity index (χ1v) is 8.91. The zero-order valence-corrected chi connectivity index (χ0v) is 13.3. The smallest absolute Gasteiger partial charge is 0.0723 e. The van der Waals surface area contributed by atoms with Gasteiger partial charge >= 0.3 is 0 Å². The standard InChI is InChI=1S/C20H28O/c1-3-14-5-9-19-18-7-4-13-12-15(21)6-8-16(13)17(18)10-11-20(14,19)2/h12,15-19,21H,1,4-11H2,2H3/t15?,16-,17?,18?,19?,20+/m0/s1. The fourth-order valence-corrected chi connectivity index (χ4v) is 6.42. The van der Waals surface area contributed by atoms with E-state index < -0.39 is 0 Å². The SMILES string of the molecule is C=C=C1CCC2C3CCC4=CC(O)CC[C@@H]4C3CC[C@]12C. The van der Waals surface area contributed by atoms with Crippen LogP contribution in [0.1, 0.15) is 58.3 Å². The molecule has 3 fully saturated rings. The third kappa shape index (κ3) is 1.94. The third-order valence-corrected chi connectivity index (χ3v) is 7.43. The van der Waals surface area contributed by atoms with E-state index in [-0.39, 0.29) is 6.10 Å². The van der Waals surface area contributed by atoms with E-state index in [9.17, 15) is 5.11 Å². The number of fused-ring (bicyclic) bond motifs is 5. The molecule has 0 saturated heterocycles. The maximum absolute atomic E-state index is 9.91. The van der Waals surface area contributed by atoms with Gasteiger partial charge in [-0.3, -0.25) is 0 Å². The van der Waals surface area contributed by atoms with Gasteiger partial charge in [0, 0.05) is 0 Å². The fourth-order valence-electron chi connectivity index (χ4n) is 6.42. The zero-order chi connectivity index (χ0) is 14.6. The molecule has 0 aliphatic heterocycles. The van der Waals surface area contributed by atoms with Crippen LogP contribution in [0, 0.1) is 29.1 Å². The molecular weight excluding hydrogens is 256 g/mol. The Labute approximate surface area is 128 Å². The number of rotatable bonds is 0. The normalized spacial score (nSPS) is 48.8. The summed E-state index contributed by atoms with van der Waals surface area (Å²) in [4.78, 5) is 0. The van der Waals surface area contributed by atoms with Gasteiger partial charge in [-0.05, 0) is 86.0 Å². The van der Waals surface area contributed by atoms with Crippen LogP contribution in [0.5, 0.6) is 0 Å². The molecule has 1 N–H and O–H groups in total. The summed E-state index contributed by atoms with van der Waals surface area (Å²) in [6, 6.07) is 0. The Kier molecular flexibility index (Phi) is 3.21. The summed E-state index contributed by atoms with van der Waals surface area (Å²) in [5, 5.41) is 9.91. The van der Waals surface area contributed by atoms with Gasteiger partial charge in [0.1, 0.15) is 0 Å². The maximum Gasteiger partial charge on any atom is 0.0723 e. The van der Waals surface area contributed by atoms with Gasteiger partial charge in [0.25, 0.3) is 0 Å². The fraction of sp³-hybridized carbons (Fsp3) is 0.750. The molecule has 4 aliphatic rings. The van der Waals surface area contributed by atoms with Crippen molar-refractivity contribution in [3.63, 3.8) is 0 Å². The lowest BCUT2D eigenvalue weighted by atomic mass is 9.52. The Bertz CT molecular complexity index is 524. The lowest BCUT2D eigenvalue weighted by Gasteiger charge is -2.53. The molecule has 0 radical (unpaired) electrons. The van der Waals surface area contributed by atoms with Gasteiger partial charge in [0.15, 0.2) is 0 Å². The molecule has 114 valence electrons. The molecule has 0 aromatic heterocycles. The molecule has 0 amide bonds. The second kappa shape index (κ2) is 4.86. The quantitative estimate of drug-likeness (QED) is 0.508. The molecule has 1 heteroatoms. The van der Waals surface area contributed by atoms with Crippen molar-refractivity contribution >= 4 is 0 Å². The van der Waals surface area contributed by atoms with Crippen LogP contribution in [0.2, 0.25) is 0 Å². The van der Waals surface area contributed by atoms with E-state index >= 15 is 0 Å². The van der Waals surface area contributed by atoms with Gasteiger partial charge in [-0.25, -0.2) is 0 Å². The van der Waals surface area contributed by atoms with E-state index in [2.05, 4.69) is 25.3 Å². The van der Waals surface area contributed by atoms with Crippen LogP contribution in [-0.4, -0.2) is 11.2 Å². The number of aliphatic hydroxyl groups excluding tert-OH is 1. The van der Waals surface area contributed by atoms with E-state index in [4.69, 9.17) is 0 Å². The second-order valence-corrected chi connectivity index (χ2v) is 8.12. The predicted octanol–water partition coefficient (Wildman–Crippen LogP) is 4.63. The van der Waals surface area contributed by atoms with Crippen LogP contribution in [0.4, 0.5) is 0 Å². The molecule has 0 bridgehead atoms. The van der Waals surface area contributed by atoms with Crippen LogP contribution < -0.4 is 0 Å².